The lowest BCUT2D eigenvalue weighted by Gasteiger charge is -2.49. The zero-order chi connectivity index (χ0) is 23.7. The number of ether oxygens (including phenoxy) is 2. The molecule has 34 heavy (non-hydrogen) atoms. The predicted octanol–water partition coefficient (Wildman–Crippen LogP) is 3.98. The fourth-order valence-electron chi connectivity index (χ4n) is 4.67. The van der Waals surface area contributed by atoms with E-state index in [2.05, 4.69) is 4.90 Å². The maximum absolute atomic E-state index is 13.2. The molecule has 0 radical (unpaired) electrons. The number of fused-ring (bicyclic) bond motifs is 2. The molecule has 1 saturated carbocycles. The van der Waals surface area contributed by atoms with Crippen molar-refractivity contribution in [3.8, 4) is 5.75 Å². The third-order valence-electron chi connectivity index (χ3n) is 6.63. The number of halogens is 2. The van der Waals surface area contributed by atoms with Crippen molar-refractivity contribution in [1.29, 1.82) is 0 Å². The van der Waals surface area contributed by atoms with Crippen LogP contribution in [-0.4, -0.2) is 60.7 Å². The van der Waals surface area contributed by atoms with Crippen molar-refractivity contribution in [2.24, 2.45) is 5.92 Å². The lowest BCUT2D eigenvalue weighted by Crippen LogP contribution is -2.65. The normalized spacial score (nSPS) is 22.8. The van der Waals surface area contributed by atoms with E-state index < -0.39 is 0 Å². The van der Waals surface area contributed by atoms with E-state index in [1.807, 2.05) is 4.90 Å². The predicted molar refractivity (Wildman–Crippen MR) is 130 cm³/mol. The third-order valence-corrected chi connectivity index (χ3v) is 6.93. The molecule has 2 aromatic carbocycles. The first-order valence-corrected chi connectivity index (χ1v) is 12.1. The number of carbonyl (C=O) groups excluding carboxylic acids is 1. The van der Waals surface area contributed by atoms with Gasteiger partial charge in [-0.15, -0.1) is 0 Å². The zero-order valence-electron chi connectivity index (χ0n) is 19.0. The molecule has 3 aliphatic rings. The number of hydrogen-bond acceptors (Lipinski definition) is 5. The summed E-state index contributed by atoms with van der Waals surface area (Å²) < 4.78 is 24.8. The summed E-state index contributed by atoms with van der Waals surface area (Å²) in [4.78, 5) is 17.4. The van der Waals surface area contributed by atoms with Crippen molar-refractivity contribution < 1.29 is 18.7 Å². The fraction of sp³-hybridized carbons (Fsp3) is 0.423. The molecule has 0 spiro atoms. The molecule has 180 valence electrons. The van der Waals surface area contributed by atoms with Crippen molar-refractivity contribution in [2.45, 2.75) is 31.5 Å². The highest BCUT2D eigenvalue weighted by Gasteiger charge is 2.40. The smallest absolute Gasteiger partial charge is 0.247 e. The van der Waals surface area contributed by atoms with Gasteiger partial charge in [-0.2, -0.15) is 0 Å². The Morgan fingerprint density at radius 3 is 2.56 bits per heavy atom. The van der Waals surface area contributed by atoms with Crippen molar-refractivity contribution >= 4 is 29.3 Å². The van der Waals surface area contributed by atoms with Crippen LogP contribution in [0.1, 0.15) is 24.0 Å². The molecule has 5 rings (SSSR count). The molecular formula is C26H29ClFN3O3. The number of nitrogen functional groups attached to an aromatic ring is 1. The van der Waals surface area contributed by atoms with Crippen LogP contribution in [0.5, 0.6) is 5.75 Å². The Balaban J connectivity index is 1.25. The van der Waals surface area contributed by atoms with Gasteiger partial charge < -0.3 is 20.1 Å². The number of amides is 1. The first-order chi connectivity index (χ1) is 16.5. The fourth-order valence-corrected chi connectivity index (χ4v) is 4.89. The Bertz CT molecular complexity index is 1060. The largest absolute Gasteiger partial charge is 0.492 e. The maximum atomic E-state index is 13.2. The highest BCUT2D eigenvalue weighted by molar-refractivity contribution is 6.32. The minimum atomic E-state index is -0.237. The number of hydrogen-bond donors (Lipinski definition) is 1. The van der Waals surface area contributed by atoms with E-state index in [-0.39, 0.29) is 23.8 Å². The van der Waals surface area contributed by atoms with Crippen molar-refractivity contribution in [2.75, 3.05) is 38.6 Å². The maximum Gasteiger partial charge on any atom is 0.247 e. The van der Waals surface area contributed by atoms with Crippen LogP contribution in [-0.2, 0) is 16.1 Å². The second-order valence-electron chi connectivity index (χ2n) is 9.41. The monoisotopic (exact) mass is 485 g/mol. The summed E-state index contributed by atoms with van der Waals surface area (Å²) in [7, 11) is 0. The van der Waals surface area contributed by atoms with Crippen LogP contribution in [0.4, 0.5) is 10.1 Å². The lowest BCUT2D eigenvalue weighted by molar-refractivity contribution is -0.150. The van der Waals surface area contributed by atoms with Gasteiger partial charge in [0.25, 0.3) is 0 Å². The number of anilines is 1. The Morgan fingerprint density at radius 1 is 1.18 bits per heavy atom. The first-order valence-electron chi connectivity index (χ1n) is 11.7. The van der Waals surface area contributed by atoms with E-state index >= 15 is 0 Å². The molecule has 1 aliphatic carbocycles. The van der Waals surface area contributed by atoms with Crippen molar-refractivity contribution in [3.63, 3.8) is 0 Å². The molecule has 8 heteroatoms. The molecule has 2 aromatic rings. The van der Waals surface area contributed by atoms with Gasteiger partial charge in [-0.25, -0.2) is 4.39 Å². The number of nitrogens with zero attached hydrogens (tertiary/aromatic N) is 2. The summed E-state index contributed by atoms with van der Waals surface area (Å²) >= 11 is 6.29. The lowest BCUT2D eigenvalue weighted by atomic mass is 10.0. The van der Waals surface area contributed by atoms with E-state index in [1.54, 1.807) is 36.4 Å². The summed E-state index contributed by atoms with van der Waals surface area (Å²) in [5, 5.41) is 0.477. The second kappa shape index (κ2) is 9.94. The summed E-state index contributed by atoms with van der Waals surface area (Å²) in [6.45, 7) is 3.77. The Morgan fingerprint density at radius 2 is 1.88 bits per heavy atom. The number of piperazine rings is 1. The molecule has 2 bridgehead atoms. The van der Waals surface area contributed by atoms with Crippen LogP contribution in [0.15, 0.2) is 42.5 Å². The Kier molecular flexibility index (Phi) is 6.77. The summed E-state index contributed by atoms with van der Waals surface area (Å²) in [6, 6.07) is 9.97. The molecule has 0 aromatic heterocycles. The van der Waals surface area contributed by atoms with E-state index in [1.165, 1.54) is 25.0 Å². The Hall–Kier alpha value is -2.61. The van der Waals surface area contributed by atoms with Crippen molar-refractivity contribution in [3.05, 3.63) is 64.4 Å². The molecule has 2 heterocycles. The van der Waals surface area contributed by atoms with Gasteiger partial charge in [0.15, 0.2) is 0 Å². The first kappa shape index (κ1) is 23.1. The zero-order valence-corrected chi connectivity index (χ0v) is 19.7. The molecular weight excluding hydrogens is 457 g/mol. The molecule has 2 aliphatic heterocycles. The van der Waals surface area contributed by atoms with Gasteiger partial charge in [0.05, 0.1) is 36.9 Å². The highest BCUT2D eigenvalue weighted by atomic mass is 35.5. The molecule has 1 amide bonds. The van der Waals surface area contributed by atoms with Gasteiger partial charge in [0.1, 0.15) is 11.6 Å². The molecule has 2 saturated heterocycles. The minimum absolute atomic E-state index is 0.0369. The van der Waals surface area contributed by atoms with Crippen LogP contribution >= 0.6 is 11.6 Å². The van der Waals surface area contributed by atoms with E-state index in [9.17, 15) is 9.18 Å². The van der Waals surface area contributed by atoms with Gasteiger partial charge in [-0.3, -0.25) is 9.69 Å². The molecule has 2 atom stereocenters. The van der Waals surface area contributed by atoms with Crippen LogP contribution in [0.25, 0.3) is 6.08 Å². The Labute approximate surface area is 204 Å². The number of morpholine rings is 1. The minimum Gasteiger partial charge on any atom is -0.492 e. The highest BCUT2D eigenvalue weighted by Crippen LogP contribution is 2.34. The second-order valence-corrected chi connectivity index (χ2v) is 9.82. The summed E-state index contributed by atoms with van der Waals surface area (Å²) in [5.74, 6) is 0.903. The van der Waals surface area contributed by atoms with Gasteiger partial charge in [0, 0.05) is 37.0 Å². The van der Waals surface area contributed by atoms with Gasteiger partial charge >= 0.3 is 0 Å². The topological polar surface area (TPSA) is 68.0 Å². The van der Waals surface area contributed by atoms with Crippen LogP contribution in [0.3, 0.4) is 0 Å². The molecule has 2 unspecified atom stereocenters. The number of nitrogens with two attached hydrogens (primary N) is 1. The van der Waals surface area contributed by atoms with Gasteiger partial charge in [-0.05, 0) is 54.7 Å². The molecule has 6 nitrogen and oxygen atoms in total. The van der Waals surface area contributed by atoms with E-state index in [4.69, 9.17) is 26.8 Å². The number of rotatable bonds is 7. The average molecular weight is 486 g/mol. The number of benzene rings is 2. The molecule has 2 N–H and O–H groups in total. The van der Waals surface area contributed by atoms with Crippen LogP contribution in [0, 0.1) is 11.7 Å². The van der Waals surface area contributed by atoms with Gasteiger partial charge in [-0.1, -0.05) is 23.7 Å². The SMILES string of the molecule is Nc1cc(Cl)c(OCC2CC2)cc1/C=C/C(=O)N1C2COCC1CN(Cc1ccc(F)cc1)C2. The van der Waals surface area contributed by atoms with Crippen LogP contribution in [0.2, 0.25) is 5.02 Å². The quantitative estimate of drug-likeness (QED) is 0.474. The standard InChI is InChI=1S/C26H29ClFN3O3/c27-23-10-24(29)19(9-25(23)34-14-18-1-2-18)5-8-26(32)31-21-12-30(13-22(31)16-33-15-21)11-17-3-6-20(28)7-4-17/h3-10,18,21-22H,1-2,11-16,29H2/b8-5+. The summed E-state index contributed by atoms with van der Waals surface area (Å²) in [6.07, 6.45) is 5.69. The average Bonchev–Trinajstić information content (AvgIpc) is 3.63. The van der Waals surface area contributed by atoms with Gasteiger partial charge in [0.2, 0.25) is 5.91 Å². The molecule has 3 fully saturated rings. The third kappa shape index (κ3) is 5.37. The van der Waals surface area contributed by atoms with E-state index in [0.29, 0.717) is 60.9 Å². The van der Waals surface area contributed by atoms with Crippen LogP contribution < -0.4 is 10.5 Å². The van der Waals surface area contributed by atoms with E-state index in [0.717, 1.165) is 12.1 Å². The number of carbonyl (C=O) groups is 1. The van der Waals surface area contributed by atoms with Crippen molar-refractivity contribution in [1.82, 2.24) is 9.80 Å². The summed E-state index contributed by atoms with van der Waals surface area (Å²) in [5.41, 5.74) is 8.41.